The van der Waals surface area contributed by atoms with Gasteiger partial charge in [-0.3, -0.25) is 4.79 Å². The highest BCUT2D eigenvalue weighted by atomic mass is 16.1. The van der Waals surface area contributed by atoms with Crippen LogP contribution in [0.4, 0.5) is 0 Å². The molecule has 0 aromatic heterocycles. The molecule has 1 amide bonds. The predicted octanol–water partition coefficient (Wildman–Crippen LogP) is 1.63. The summed E-state index contributed by atoms with van der Waals surface area (Å²) in [5.74, 6) is 0.258. The number of hydrogen-bond donors (Lipinski definition) is 1. The van der Waals surface area contributed by atoms with Crippen LogP contribution < -0.4 is 5.32 Å². The molecule has 1 heterocycles. The SMILES string of the molecule is CC(CN1CCCCC1)NC(=O)C(C)C. The van der Waals surface area contributed by atoms with Gasteiger partial charge < -0.3 is 10.2 Å². The summed E-state index contributed by atoms with van der Waals surface area (Å²) in [6.45, 7) is 9.35. The summed E-state index contributed by atoms with van der Waals surface area (Å²) < 4.78 is 0. The van der Waals surface area contributed by atoms with Crippen molar-refractivity contribution in [1.29, 1.82) is 0 Å². The second-order valence-electron chi connectivity index (χ2n) is 4.93. The third-order valence-electron chi connectivity index (χ3n) is 2.89. The maximum atomic E-state index is 11.5. The van der Waals surface area contributed by atoms with Gasteiger partial charge in [-0.1, -0.05) is 20.3 Å². The second-order valence-corrected chi connectivity index (χ2v) is 4.93. The Morgan fingerprint density at radius 2 is 1.80 bits per heavy atom. The first-order valence-corrected chi connectivity index (χ1v) is 6.12. The zero-order valence-corrected chi connectivity index (χ0v) is 10.3. The van der Waals surface area contributed by atoms with Crippen molar-refractivity contribution in [3.05, 3.63) is 0 Å². The number of amides is 1. The van der Waals surface area contributed by atoms with Gasteiger partial charge in [0.25, 0.3) is 0 Å². The fourth-order valence-corrected chi connectivity index (χ4v) is 1.98. The Bertz CT molecular complexity index is 198. The van der Waals surface area contributed by atoms with Crippen LogP contribution in [0.15, 0.2) is 0 Å². The zero-order valence-electron chi connectivity index (χ0n) is 10.3. The Morgan fingerprint density at radius 1 is 1.20 bits per heavy atom. The van der Waals surface area contributed by atoms with Crippen LogP contribution >= 0.6 is 0 Å². The van der Waals surface area contributed by atoms with E-state index < -0.39 is 0 Å². The van der Waals surface area contributed by atoms with Crippen LogP contribution in [0.2, 0.25) is 0 Å². The third-order valence-corrected chi connectivity index (χ3v) is 2.89. The van der Waals surface area contributed by atoms with Crippen molar-refractivity contribution in [3.8, 4) is 0 Å². The molecule has 1 saturated heterocycles. The van der Waals surface area contributed by atoms with Crippen LogP contribution in [-0.2, 0) is 4.79 Å². The molecule has 88 valence electrons. The topological polar surface area (TPSA) is 32.3 Å². The summed E-state index contributed by atoms with van der Waals surface area (Å²) in [4.78, 5) is 13.9. The first-order chi connectivity index (χ1) is 7.09. The maximum absolute atomic E-state index is 11.5. The second kappa shape index (κ2) is 6.11. The number of carbonyl (C=O) groups excluding carboxylic acids is 1. The fraction of sp³-hybridized carbons (Fsp3) is 0.917. The smallest absolute Gasteiger partial charge is 0.222 e. The first-order valence-electron chi connectivity index (χ1n) is 6.12. The number of hydrogen-bond acceptors (Lipinski definition) is 2. The van der Waals surface area contributed by atoms with E-state index in [-0.39, 0.29) is 17.9 Å². The van der Waals surface area contributed by atoms with E-state index in [1.165, 1.54) is 32.4 Å². The minimum atomic E-state index is 0.0915. The standard InChI is InChI=1S/C12H24N2O/c1-10(2)12(15)13-11(3)9-14-7-5-4-6-8-14/h10-11H,4-9H2,1-3H3,(H,13,15). The van der Waals surface area contributed by atoms with Crippen LogP contribution in [0.25, 0.3) is 0 Å². The maximum Gasteiger partial charge on any atom is 0.222 e. The Hall–Kier alpha value is -0.570. The van der Waals surface area contributed by atoms with Crippen LogP contribution in [0.3, 0.4) is 0 Å². The van der Waals surface area contributed by atoms with Crippen LogP contribution in [0, 0.1) is 5.92 Å². The average Bonchev–Trinajstić information content (AvgIpc) is 2.18. The van der Waals surface area contributed by atoms with Crippen LogP contribution in [-0.4, -0.2) is 36.5 Å². The van der Waals surface area contributed by atoms with Gasteiger partial charge in [0, 0.05) is 18.5 Å². The van der Waals surface area contributed by atoms with E-state index in [1.807, 2.05) is 13.8 Å². The summed E-state index contributed by atoms with van der Waals surface area (Å²) in [6.07, 6.45) is 3.99. The molecule has 1 N–H and O–H groups in total. The van der Waals surface area contributed by atoms with Crippen LogP contribution in [0.5, 0.6) is 0 Å². The zero-order chi connectivity index (χ0) is 11.3. The van der Waals surface area contributed by atoms with Gasteiger partial charge in [-0.25, -0.2) is 0 Å². The summed E-state index contributed by atoms with van der Waals surface area (Å²) in [5.41, 5.74) is 0. The van der Waals surface area contributed by atoms with Gasteiger partial charge in [0.15, 0.2) is 0 Å². The highest BCUT2D eigenvalue weighted by Crippen LogP contribution is 2.08. The van der Waals surface area contributed by atoms with Crippen molar-refractivity contribution in [2.75, 3.05) is 19.6 Å². The molecule has 0 radical (unpaired) electrons. The van der Waals surface area contributed by atoms with Crippen molar-refractivity contribution in [3.63, 3.8) is 0 Å². The molecule has 3 nitrogen and oxygen atoms in total. The van der Waals surface area contributed by atoms with Gasteiger partial charge in [-0.15, -0.1) is 0 Å². The Morgan fingerprint density at radius 3 is 2.33 bits per heavy atom. The number of carbonyl (C=O) groups is 1. The van der Waals surface area contributed by atoms with Gasteiger partial charge in [-0.2, -0.15) is 0 Å². The first kappa shape index (κ1) is 12.5. The third kappa shape index (κ3) is 4.65. The van der Waals surface area contributed by atoms with Crippen molar-refractivity contribution in [2.24, 2.45) is 5.92 Å². The lowest BCUT2D eigenvalue weighted by Crippen LogP contribution is -2.44. The van der Waals surface area contributed by atoms with Crippen LogP contribution in [0.1, 0.15) is 40.0 Å². The minimum Gasteiger partial charge on any atom is -0.352 e. The summed E-state index contributed by atoms with van der Waals surface area (Å²) in [5, 5.41) is 3.05. The van der Waals surface area contributed by atoms with Crippen molar-refractivity contribution in [2.45, 2.75) is 46.1 Å². The minimum absolute atomic E-state index is 0.0915. The molecule has 1 fully saturated rings. The molecule has 1 unspecified atom stereocenters. The largest absolute Gasteiger partial charge is 0.352 e. The van der Waals surface area contributed by atoms with E-state index in [2.05, 4.69) is 17.1 Å². The van der Waals surface area contributed by atoms with Crippen molar-refractivity contribution >= 4 is 5.91 Å². The van der Waals surface area contributed by atoms with Gasteiger partial charge >= 0.3 is 0 Å². The molecule has 0 aliphatic carbocycles. The monoisotopic (exact) mass is 212 g/mol. The fourth-order valence-electron chi connectivity index (χ4n) is 1.98. The quantitative estimate of drug-likeness (QED) is 0.768. The number of nitrogens with zero attached hydrogens (tertiary/aromatic N) is 1. The van der Waals surface area contributed by atoms with Gasteiger partial charge in [-0.05, 0) is 32.9 Å². The highest BCUT2D eigenvalue weighted by Gasteiger charge is 2.15. The molecule has 0 aromatic rings. The highest BCUT2D eigenvalue weighted by molar-refractivity contribution is 5.78. The van der Waals surface area contributed by atoms with E-state index in [0.29, 0.717) is 0 Å². The molecule has 0 bridgehead atoms. The Kier molecular flexibility index (Phi) is 5.09. The lowest BCUT2D eigenvalue weighted by Gasteiger charge is -2.29. The van der Waals surface area contributed by atoms with E-state index in [0.717, 1.165) is 6.54 Å². The molecule has 3 heteroatoms. The summed E-state index contributed by atoms with van der Waals surface area (Å²) in [7, 11) is 0. The number of nitrogens with one attached hydrogen (secondary N) is 1. The van der Waals surface area contributed by atoms with E-state index in [1.54, 1.807) is 0 Å². The normalized spacial score (nSPS) is 20.3. The van der Waals surface area contributed by atoms with E-state index in [4.69, 9.17) is 0 Å². The molecule has 0 saturated carbocycles. The molecule has 1 atom stereocenters. The number of likely N-dealkylation sites (tertiary alicyclic amines) is 1. The lowest BCUT2D eigenvalue weighted by molar-refractivity contribution is -0.124. The van der Waals surface area contributed by atoms with Crippen molar-refractivity contribution < 1.29 is 4.79 Å². The number of piperidine rings is 1. The molecular formula is C12H24N2O. The molecule has 1 aliphatic heterocycles. The van der Waals surface area contributed by atoms with Gasteiger partial charge in [0.2, 0.25) is 5.91 Å². The average molecular weight is 212 g/mol. The predicted molar refractivity (Wildman–Crippen MR) is 62.7 cm³/mol. The molecule has 0 spiro atoms. The lowest BCUT2D eigenvalue weighted by atomic mass is 10.1. The number of rotatable bonds is 4. The summed E-state index contributed by atoms with van der Waals surface area (Å²) in [6, 6.07) is 0.276. The Balaban J connectivity index is 2.22. The van der Waals surface area contributed by atoms with Gasteiger partial charge in [0.05, 0.1) is 0 Å². The van der Waals surface area contributed by atoms with E-state index in [9.17, 15) is 4.79 Å². The molecule has 15 heavy (non-hydrogen) atoms. The molecule has 1 rings (SSSR count). The summed E-state index contributed by atoms with van der Waals surface area (Å²) >= 11 is 0. The molecular weight excluding hydrogens is 188 g/mol. The van der Waals surface area contributed by atoms with Crippen molar-refractivity contribution in [1.82, 2.24) is 10.2 Å². The molecule has 1 aliphatic rings. The van der Waals surface area contributed by atoms with E-state index >= 15 is 0 Å². The molecule has 0 aromatic carbocycles. The van der Waals surface area contributed by atoms with Gasteiger partial charge in [0.1, 0.15) is 0 Å². The Labute approximate surface area is 93.2 Å².